The van der Waals surface area contributed by atoms with Crippen LogP contribution in [0.4, 0.5) is 11.8 Å². The number of aryl methyl sites for hydroxylation is 1. The van der Waals surface area contributed by atoms with E-state index < -0.39 is 12.0 Å². The molecular formula is C25H22N8O3. The summed E-state index contributed by atoms with van der Waals surface area (Å²) < 4.78 is 3.19. The minimum Gasteiger partial charge on any atom is -0.477 e. The van der Waals surface area contributed by atoms with Crippen LogP contribution in [0.5, 0.6) is 0 Å². The van der Waals surface area contributed by atoms with E-state index in [2.05, 4.69) is 20.4 Å². The number of aromatic carboxylic acids is 1. The molecule has 4 N–H and O–H groups in total. The highest BCUT2D eigenvalue weighted by atomic mass is 16.4. The van der Waals surface area contributed by atoms with Crippen molar-refractivity contribution in [2.24, 2.45) is 7.05 Å². The number of nitrogen functional groups attached to an aromatic ring is 1. The predicted molar refractivity (Wildman–Crippen MR) is 135 cm³/mol. The number of hydrogen-bond donors (Lipinski definition) is 3. The number of fused-ring (bicyclic) bond motifs is 1. The van der Waals surface area contributed by atoms with Gasteiger partial charge in [0.05, 0.1) is 28.8 Å². The third kappa shape index (κ3) is 4.02. The van der Waals surface area contributed by atoms with Gasteiger partial charge < -0.3 is 16.2 Å². The van der Waals surface area contributed by atoms with Gasteiger partial charge in [-0.2, -0.15) is 10.1 Å². The third-order valence-corrected chi connectivity index (χ3v) is 5.73. The zero-order chi connectivity index (χ0) is 25.4. The maximum absolute atomic E-state index is 14.1. The second-order valence-corrected chi connectivity index (χ2v) is 8.21. The van der Waals surface area contributed by atoms with Crippen LogP contribution in [0.15, 0.2) is 71.9 Å². The monoisotopic (exact) mass is 482 g/mol. The molecule has 0 aliphatic carbocycles. The molecule has 3 aromatic heterocycles. The Morgan fingerprint density at radius 1 is 1.08 bits per heavy atom. The quantitative estimate of drug-likeness (QED) is 0.331. The highest BCUT2D eigenvalue weighted by Gasteiger charge is 2.22. The second-order valence-electron chi connectivity index (χ2n) is 8.21. The predicted octanol–water partition coefficient (Wildman–Crippen LogP) is 3.03. The first-order valence-electron chi connectivity index (χ1n) is 11.1. The normalized spacial score (nSPS) is 11.9. The Kier molecular flexibility index (Phi) is 5.65. The molecule has 0 amide bonds. The third-order valence-electron chi connectivity index (χ3n) is 5.73. The van der Waals surface area contributed by atoms with Crippen LogP contribution in [0.2, 0.25) is 0 Å². The molecule has 11 heteroatoms. The summed E-state index contributed by atoms with van der Waals surface area (Å²) in [5.41, 5.74) is 7.91. The molecule has 1 unspecified atom stereocenters. The van der Waals surface area contributed by atoms with Crippen molar-refractivity contribution in [2.75, 3.05) is 11.1 Å². The SMILES string of the molecule is CC(Nc1nc(N)ncc1C(=O)O)c1nc2cccc(-c3cnn(C)c3)c2c(=O)n1-c1ccccc1. The number of benzene rings is 2. The molecule has 0 bridgehead atoms. The minimum absolute atomic E-state index is 0.0283. The number of nitrogens with one attached hydrogen (secondary N) is 1. The Bertz CT molecular complexity index is 1660. The van der Waals surface area contributed by atoms with Gasteiger partial charge in [0, 0.05) is 25.0 Å². The number of hydrogen-bond acceptors (Lipinski definition) is 8. The van der Waals surface area contributed by atoms with Gasteiger partial charge in [0.1, 0.15) is 17.2 Å². The lowest BCUT2D eigenvalue weighted by Crippen LogP contribution is -2.28. The van der Waals surface area contributed by atoms with E-state index in [-0.39, 0.29) is 22.9 Å². The first kappa shape index (κ1) is 22.7. The van der Waals surface area contributed by atoms with Gasteiger partial charge in [-0.1, -0.05) is 30.3 Å². The van der Waals surface area contributed by atoms with Crippen molar-refractivity contribution in [3.05, 3.63) is 88.9 Å². The molecule has 3 heterocycles. The zero-order valence-corrected chi connectivity index (χ0v) is 19.5. The largest absolute Gasteiger partial charge is 0.477 e. The average molecular weight is 483 g/mol. The van der Waals surface area contributed by atoms with Gasteiger partial charge in [-0.3, -0.25) is 14.0 Å². The number of para-hydroxylation sites is 1. The van der Waals surface area contributed by atoms with E-state index in [4.69, 9.17) is 10.7 Å². The number of rotatable bonds is 6. The Morgan fingerprint density at radius 2 is 1.86 bits per heavy atom. The molecule has 0 saturated heterocycles. The van der Waals surface area contributed by atoms with Crippen LogP contribution in [-0.4, -0.2) is 40.4 Å². The summed E-state index contributed by atoms with van der Waals surface area (Å²) in [6, 6.07) is 14.0. The van der Waals surface area contributed by atoms with E-state index >= 15 is 0 Å². The summed E-state index contributed by atoms with van der Waals surface area (Å²) in [7, 11) is 1.81. The van der Waals surface area contributed by atoms with Gasteiger partial charge in [-0.25, -0.2) is 14.8 Å². The molecule has 0 saturated carbocycles. The Labute approximate surface area is 204 Å². The summed E-state index contributed by atoms with van der Waals surface area (Å²) in [5, 5.41) is 17.3. The van der Waals surface area contributed by atoms with Crippen LogP contribution in [-0.2, 0) is 7.05 Å². The van der Waals surface area contributed by atoms with Gasteiger partial charge in [0.2, 0.25) is 5.95 Å². The fourth-order valence-electron chi connectivity index (χ4n) is 4.10. The van der Waals surface area contributed by atoms with E-state index in [0.717, 1.165) is 11.8 Å². The lowest BCUT2D eigenvalue weighted by atomic mass is 10.0. The molecule has 5 rings (SSSR count). The first-order chi connectivity index (χ1) is 17.3. The molecule has 11 nitrogen and oxygen atoms in total. The maximum Gasteiger partial charge on any atom is 0.341 e. The molecular weight excluding hydrogens is 460 g/mol. The standard InChI is InChI=1S/C25H22N8O3/c1-14(29-21-18(24(35)36)12-27-25(26)31-21)22-30-19-10-6-9-17(15-11-28-32(2)13-15)20(19)23(34)33(22)16-7-4-3-5-8-16/h3-14H,1-2H3,(H,35,36)(H3,26,27,29,31). The number of anilines is 2. The van der Waals surface area contributed by atoms with E-state index in [1.165, 1.54) is 4.57 Å². The molecule has 0 fully saturated rings. The average Bonchev–Trinajstić information content (AvgIpc) is 3.30. The molecule has 0 aliphatic heterocycles. The summed E-state index contributed by atoms with van der Waals surface area (Å²) in [5.74, 6) is -0.892. The van der Waals surface area contributed by atoms with Crippen LogP contribution < -0.4 is 16.6 Å². The van der Waals surface area contributed by atoms with E-state index in [1.807, 2.05) is 55.7 Å². The number of carbonyl (C=O) groups is 1. The minimum atomic E-state index is -1.21. The summed E-state index contributed by atoms with van der Waals surface area (Å²) >= 11 is 0. The number of carboxylic acid groups (broad SMARTS) is 1. The van der Waals surface area contributed by atoms with Crippen molar-refractivity contribution >= 4 is 28.6 Å². The molecule has 36 heavy (non-hydrogen) atoms. The Hall–Kier alpha value is -5.06. The molecule has 1 atom stereocenters. The molecule has 180 valence electrons. The summed E-state index contributed by atoms with van der Waals surface area (Å²) in [4.78, 5) is 38.4. The topological polar surface area (TPSA) is 154 Å². The van der Waals surface area contributed by atoms with Crippen molar-refractivity contribution in [2.45, 2.75) is 13.0 Å². The summed E-state index contributed by atoms with van der Waals surface area (Å²) in [6.07, 6.45) is 4.68. The fraction of sp³-hybridized carbons (Fsp3) is 0.120. The molecule has 2 aromatic carbocycles. The molecule has 0 aliphatic rings. The van der Waals surface area contributed by atoms with Gasteiger partial charge in [0.15, 0.2) is 0 Å². The van der Waals surface area contributed by atoms with Gasteiger partial charge in [-0.05, 0) is 30.7 Å². The highest BCUT2D eigenvalue weighted by molar-refractivity contribution is 5.94. The molecule has 5 aromatic rings. The van der Waals surface area contributed by atoms with Crippen LogP contribution in [0, 0.1) is 0 Å². The van der Waals surface area contributed by atoms with Crippen molar-refractivity contribution < 1.29 is 9.90 Å². The second kappa shape index (κ2) is 8.95. The van der Waals surface area contributed by atoms with Crippen LogP contribution in [0.1, 0.15) is 29.1 Å². The molecule has 0 spiro atoms. The van der Waals surface area contributed by atoms with Gasteiger partial charge in [0.25, 0.3) is 5.56 Å². The van der Waals surface area contributed by atoms with E-state index in [0.29, 0.717) is 28.0 Å². The Morgan fingerprint density at radius 3 is 2.56 bits per heavy atom. The highest BCUT2D eigenvalue weighted by Crippen LogP contribution is 2.28. The van der Waals surface area contributed by atoms with E-state index in [1.54, 1.807) is 23.9 Å². The first-order valence-corrected chi connectivity index (χ1v) is 11.1. The zero-order valence-electron chi connectivity index (χ0n) is 19.5. The van der Waals surface area contributed by atoms with Crippen molar-refractivity contribution in [3.8, 4) is 16.8 Å². The van der Waals surface area contributed by atoms with Crippen molar-refractivity contribution in [1.29, 1.82) is 0 Å². The van der Waals surface area contributed by atoms with Gasteiger partial charge >= 0.3 is 5.97 Å². The number of nitrogens with zero attached hydrogens (tertiary/aromatic N) is 6. The lowest BCUT2D eigenvalue weighted by molar-refractivity contribution is 0.0697. The van der Waals surface area contributed by atoms with Crippen LogP contribution in [0.25, 0.3) is 27.7 Å². The molecule has 0 radical (unpaired) electrons. The van der Waals surface area contributed by atoms with Crippen LogP contribution >= 0.6 is 0 Å². The van der Waals surface area contributed by atoms with Crippen molar-refractivity contribution in [1.82, 2.24) is 29.3 Å². The van der Waals surface area contributed by atoms with Crippen LogP contribution in [0.3, 0.4) is 0 Å². The summed E-state index contributed by atoms with van der Waals surface area (Å²) in [6.45, 7) is 1.77. The number of carboxylic acids is 1. The maximum atomic E-state index is 14.1. The lowest BCUT2D eigenvalue weighted by Gasteiger charge is -2.21. The van der Waals surface area contributed by atoms with Gasteiger partial charge in [-0.15, -0.1) is 0 Å². The fourth-order valence-corrected chi connectivity index (χ4v) is 4.10. The Balaban J connectivity index is 1.74. The van der Waals surface area contributed by atoms with E-state index in [9.17, 15) is 14.7 Å². The number of aromatic nitrogens is 6. The smallest absolute Gasteiger partial charge is 0.341 e. The van der Waals surface area contributed by atoms with Crippen molar-refractivity contribution in [3.63, 3.8) is 0 Å². The number of nitrogens with two attached hydrogens (primary N) is 1.